The number of aromatic amines is 1. The molecule has 2 N–H and O–H groups in total. The monoisotopic (exact) mass is 398 g/mol. The minimum Gasteiger partial charge on any atom is -0.345 e. The highest BCUT2D eigenvalue weighted by Gasteiger charge is 2.18. The Balaban J connectivity index is 1.56. The van der Waals surface area contributed by atoms with E-state index in [9.17, 15) is 14.0 Å². The molecule has 8 heteroatoms. The van der Waals surface area contributed by atoms with Crippen molar-refractivity contribution >= 4 is 23.5 Å². The fraction of sp³-hybridized carbons (Fsp3) is 0.200. The van der Waals surface area contributed by atoms with Crippen LogP contribution in [-0.4, -0.2) is 38.7 Å². The van der Waals surface area contributed by atoms with Gasteiger partial charge in [0.25, 0.3) is 0 Å². The molecule has 0 aliphatic carbocycles. The number of H-pyrrole nitrogens is 1. The summed E-state index contributed by atoms with van der Waals surface area (Å²) >= 11 is 1.11. The van der Waals surface area contributed by atoms with Crippen molar-refractivity contribution in [3.8, 4) is 11.4 Å². The lowest BCUT2D eigenvalue weighted by atomic mass is 10.0. The van der Waals surface area contributed by atoms with Crippen LogP contribution in [0.15, 0.2) is 59.8 Å². The van der Waals surface area contributed by atoms with Gasteiger partial charge in [-0.1, -0.05) is 54.2 Å². The van der Waals surface area contributed by atoms with Crippen LogP contribution in [0.3, 0.4) is 0 Å². The molecule has 28 heavy (non-hydrogen) atoms. The van der Waals surface area contributed by atoms with Gasteiger partial charge in [0, 0.05) is 0 Å². The molecule has 1 amide bonds. The Labute approximate surface area is 166 Å². The zero-order chi connectivity index (χ0) is 19.9. The van der Waals surface area contributed by atoms with Crippen LogP contribution in [-0.2, 0) is 16.0 Å². The molecule has 0 spiro atoms. The molecule has 0 saturated carbocycles. The average Bonchev–Trinajstić information content (AvgIpc) is 3.16. The zero-order valence-corrected chi connectivity index (χ0v) is 16.0. The first-order valence-electron chi connectivity index (χ1n) is 8.67. The normalized spacial score (nSPS) is 11.8. The fourth-order valence-corrected chi connectivity index (χ4v) is 3.21. The lowest BCUT2D eigenvalue weighted by Crippen LogP contribution is -2.42. The summed E-state index contributed by atoms with van der Waals surface area (Å²) in [6, 6.07) is 15.1. The molecule has 0 bridgehead atoms. The molecule has 0 saturated heterocycles. The van der Waals surface area contributed by atoms with Gasteiger partial charge in [-0.15, -0.1) is 5.10 Å². The molecule has 1 heterocycles. The molecular weight excluding hydrogens is 379 g/mol. The van der Waals surface area contributed by atoms with Crippen LogP contribution in [0.1, 0.15) is 12.5 Å². The van der Waals surface area contributed by atoms with Gasteiger partial charge in [-0.3, -0.25) is 14.7 Å². The van der Waals surface area contributed by atoms with E-state index >= 15 is 0 Å². The number of benzene rings is 2. The maximum atomic E-state index is 13.8. The van der Waals surface area contributed by atoms with Gasteiger partial charge in [-0.2, -0.15) is 0 Å². The van der Waals surface area contributed by atoms with Crippen molar-refractivity contribution in [3.63, 3.8) is 0 Å². The maximum absolute atomic E-state index is 13.8. The van der Waals surface area contributed by atoms with E-state index in [0.717, 1.165) is 17.3 Å². The summed E-state index contributed by atoms with van der Waals surface area (Å²) in [5.74, 6) is -0.460. The summed E-state index contributed by atoms with van der Waals surface area (Å²) in [6.45, 7) is 1.46. The molecule has 3 rings (SSSR count). The van der Waals surface area contributed by atoms with Gasteiger partial charge in [0.1, 0.15) is 5.82 Å². The third-order valence-corrected chi connectivity index (χ3v) is 4.88. The number of nitrogens with zero attached hydrogens (tertiary/aromatic N) is 2. The highest BCUT2D eigenvalue weighted by atomic mass is 32.2. The Morgan fingerprint density at radius 2 is 1.86 bits per heavy atom. The van der Waals surface area contributed by atoms with E-state index in [2.05, 4.69) is 20.5 Å². The molecule has 0 unspecified atom stereocenters. The SMILES string of the molecule is CC(=O)[C@H](Cc1ccccc1)NC(=O)CSc1n[nH]c(-c2ccccc2F)n1. The number of amides is 1. The summed E-state index contributed by atoms with van der Waals surface area (Å²) in [5.41, 5.74) is 1.28. The smallest absolute Gasteiger partial charge is 0.231 e. The summed E-state index contributed by atoms with van der Waals surface area (Å²) < 4.78 is 13.8. The third kappa shape index (κ3) is 5.26. The largest absolute Gasteiger partial charge is 0.345 e. The molecule has 1 aromatic heterocycles. The summed E-state index contributed by atoms with van der Waals surface area (Å²) in [6.07, 6.45) is 0.435. The van der Waals surface area contributed by atoms with Crippen LogP contribution in [0, 0.1) is 5.82 Å². The summed E-state index contributed by atoms with van der Waals surface area (Å²) in [4.78, 5) is 28.3. The first-order chi connectivity index (χ1) is 13.5. The molecule has 1 atom stereocenters. The predicted molar refractivity (Wildman–Crippen MR) is 105 cm³/mol. The van der Waals surface area contributed by atoms with Gasteiger partial charge in [-0.05, 0) is 31.0 Å². The lowest BCUT2D eigenvalue weighted by molar-refractivity contribution is -0.125. The molecule has 6 nitrogen and oxygen atoms in total. The van der Waals surface area contributed by atoms with Crippen LogP contribution in [0.5, 0.6) is 0 Å². The highest BCUT2D eigenvalue weighted by Crippen LogP contribution is 2.21. The molecule has 0 radical (unpaired) electrons. The fourth-order valence-electron chi connectivity index (χ4n) is 2.60. The standard InChI is InChI=1S/C20H19FN4O2S/c1-13(26)17(11-14-7-3-2-4-8-14)22-18(27)12-28-20-23-19(24-25-20)15-9-5-6-10-16(15)21/h2-10,17H,11-12H2,1H3,(H,22,27)(H,23,24,25)/t17-/m0/s1. The maximum Gasteiger partial charge on any atom is 0.231 e. The van der Waals surface area contributed by atoms with Gasteiger partial charge in [-0.25, -0.2) is 9.37 Å². The number of nitrogens with one attached hydrogen (secondary N) is 2. The lowest BCUT2D eigenvalue weighted by Gasteiger charge is -2.15. The van der Waals surface area contributed by atoms with Crippen molar-refractivity contribution in [2.24, 2.45) is 0 Å². The van der Waals surface area contributed by atoms with E-state index in [1.54, 1.807) is 18.2 Å². The van der Waals surface area contributed by atoms with Gasteiger partial charge >= 0.3 is 0 Å². The van der Waals surface area contributed by atoms with Crippen molar-refractivity contribution in [2.45, 2.75) is 24.5 Å². The summed E-state index contributed by atoms with van der Waals surface area (Å²) in [7, 11) is 0. The van der Waals surface area contributed by atoms with Gasteiger partial charge in [0.05, 0.1) is 17.4 Å². The number of ketones is 1. The van der Waals surface area contributed by atoms with Crippen molar-refractivity contribution in [1.29, 1.82) is 0 Å². The van der Waals surface area contributed by atoms with E-state index in [4.69, 9.17) is 0 Å². The van der Waals surface area contributed by atoms with Crippen LogP contribution in [0.2, 0.25) is 0 Å². The van der Waals surface area contributed by atoms with E-state index in [1.807, 2.05) is 30.3 Å². The molecule has 0 aliphatic rings. The Kier molecular flexibility index (Phi) is 6.54. The van der Waals surface area contributed by atoms with Gasteiger partial charge in [0.15, 0.2) is 11.6 Å². The first-order valence-corrected chi connectivity index (χ1v) is 9.65. The number of carbonyl (C=O) groups excluding carboxylic acids is 2. The summed E-state index contributed by atoms with van der Waals surface area (Å²) in [5, 5.41) is 9.75. The minimum atomic E-state index is -0.586. The molecule has 144 valence electrons. The van der Waals surface area contributed by atoms with Crippen molar-refractivity contribution < 1.29 is 14.0 Å². The van der Waals surface area contributed by atoms with Crippen LogP contribution in [0.25, 0.3) is 11.4 Å². The number of thioether (sulfide) groups is 1. The van der Waals surface area contributed by atoms with Gasteiger partial charge in [0.2, 0.25) is 11.1 Å². The number of Topliss-reactive ketones (excluding diaryl/α,β-unsaturated/α-hetero) is 1. The predicted octanol–water partition coefficient (Wildman–Crippen LogP) is 3.02. The first kappa shape index (κ1) is 19.8. The molecule has 0 fully saturated rings. The quantitative estimate of drug-likeness (QED) is 0.570. The van der Waals surface area contributed by atoms with E-state index < -0.39 is 11.9 Å². The van der Waals surface area contributed by atoms with Crippen LogP contribution < -0.4 is 5.32 Å². The number of hydrogen-bond donors (Lipinski definition) is 2. The van der Waals surface area contributed by atoms with Crippen molar-refractivity contribution in [3.05, 3.63) is 66.0 Å². The topological polar surface area (TPSA) is 87.7 Å². The molecule has 3 aromatic rings. The van der Waals surface area contributed by atoms with Crippen molar-refractivity contribution in [1.82, 2.24) is 20.5 Å². The van der Waals surface area contributed by atoms with E-state index in [1.165, 1.54) is 13.0 Å². The van der Waals surface area contributed by atoms with Crippen molar-refractivity contribution in [2.75, 3.05) is 5.75 Å². The second-order valence-corrected chi connectivity index (χ2v) is 7.10. The van der Waals surface area contributed by atoms with E-state index in [0.29, 0.717) is 23.0 Å². The Bertz CT molecular complexity index is 962. The number of rotatable bonds is 8. The average molecular weight is 398 g/mol. The van der Waals surface area contributed by atoms with Crippen LogP contribution in [0.4, 0.5) is 4.39 Å². The van der Waals surface area contributed by atoms with Crippen LogP contribution >= 0.6 is 11.8 Å². The Morgan fingerprint density at radius 1 is 1.14 bits per heavy atom. The highest BCUT2D eigenvalue weighted by molar-refractivity contribution is 7.99. The third-order valence-electron chi connectivity index (χ3n) is 4.03. The second-order valence-electron chi connectivity index (χ2n) is 6.16. The molecule has 0 aliphatic heterocycles. The number of hydrogen-bond acceptors (Lipinski definition) is 5. The number of carbonyl (C=O) groups is 2. The number of halogens is 1. The minimum absolute atomic E-state index is 0.0487. The van der Waals surface area contributed by atoms with Gasteiger partial charge < -0.3 is 5.32 Å². The van der Waals surface area contributed by atoms with E-state index in [-0.39, 0.29) is 17.4 Å². The Morgan fingerprint density at radius 3 is 2.57 bits per heavy atom. The molecular formula is C20H19FN4O2S. The second kappa shape index (κ2) is 9.27. The number of aromatic nitrogens is 3. The zero-order valence-electron chi connectivity index (χ0n) is 15.2. The molecule has 2 aromatic carbocycles. The Hall–Kier alpha value is -3.00.